The van der Waals surface area contributed by atoms with Crippen LogP contribution in [0.5, 0.6) is 0 Å². The van der Waals surface area contributed by atoms with Gasteiger partial charge in [-0.1, -0.05) is 24.0 Å². The van der Waals surface area contributed by atoms with Gasteiger partial charge in [-0.3, -0.25) is 4.79 Å². The highest BCUT2D eigenvalue weighted by atomic mass is 16.2. The first-order valence-electron chi connectivity index (χ1n) is 6.54. The first-order chi connectivity index (χ1) is 10.1. The molecule has 0 saturated heterocycles. The second kappa shape index (κ2) is 6.69. The van der Waals surface area contributed by atoms with E-state index in [9.17, 15) is 4.79 Å². The van der Waals surface area contributed by atoms with E-state index in [2.05, 4.69) is 22.1 Å². The average Bonchev–Trinajstić information content (AvgIpc) is 2.48. The van der Waals surface area contributed by atoms with E-state index in [1.54, 1.807) is 18.3 Å². The standard InChI is InChI=1S/C17H16N2O2/c1-12-5-8-16(18-11-12)19-17(21)15-10-14(4-3-9-20)7-6-13(15)2/h5-8,10-11,20H,9H2,1-2H3,(H,18,19,21). The zero-order chi connectivity index (χ0) is 15.2. The number of nitrogens with one attached hydrogen (secondary N) is 1. The third-order valence-corrected chi connectivity index (χ3v) is 2.95. The van der Waals surface area contributed by atoms with Gasteiger partial charge in [0.15, 0.2) is 0 Å². The summed E-state index contributed by atoms with van der Waals surface area (Å²) in [6.07, 6.45) is 1.70. The molecule has 21 heavy (non-hydrogen) atoms. The molecular formula is C17H16N2O2. The average molecular weight is 280 g/mol. The predicted octanol–water partition coefficient (Wildman–Crippen LogP) is 2.29. The Kier molecular flexibility index (Phi) is 4.70. The number of hydrogen-bond acceptors (Lipinski definition) is 3. The van der Waals surface area contributed by atoms with Crippen molar-refractivity contribution in [1.82, 2.24) is 4.98 Å². The fraction of sp³-hybridized carbons (Fsp3) is 0.176. The highest BCUT2D eigenvalue weighted by molar-refractivity contribution is 6.05. The van der Waals surface area contributed by atoms with Crippen molar-refractivity contribution < 1.29 is 9.90 Å². The van der Waals surface area contributed by atoms with E-state index in [4.69, 9.17) is 5.11 Å². The maximum absolute atomic E-state index is 12.3. The van der Waals surface area contributed by atoms with E-state index < -0.39 is 0 Å². The summed E-state index contributed by atoms with van der Waals surface area (Å²) >= 11 is 0. The van der Waals surface area contributed by atoms with Gasteiger partial charge in [0.2, 0.25) is 0 Å². The Labute approximate surface area is 123 Å². The van der Waals surface area contributed by atoms with Gasteiger partial charge in [0.1, 0.15) is 12.4 Å². The van der Waals surface area contributed by atoms with Gasteiger partial charge in [-0.25, -0.2) is 4.98 Å². The molecule has 0 radical (unpaired) electrons. The number of aryl methyl sites for hydroxylation is 2. The molecule has 1 heterocycles. The van der Waals surface area contributed by atoms with Gasteiger partial charge < -0.3 is 10.4 Å². The van der Waals surface area contributed by atoms with Crippen LogP contribution in [0.3, 0.4) is 0 Å². The van der Waals surface area contributed by atoms with Crippen molar-refractivity contribution in [3.63, 3.8) is 0 Å². The number of hydrogen-bond donors (Lipinski definition) is 2. The van der Waals surface area contributed by atoms with Crippen LogP contribution < -0.4 is 5.32 Å². The molecule has 1 aromatic carbocycles. The normalized spacial score (nSPS) is 9.67. The summed E-state index contributed by atoms with van der Waals surface area (Å²) in [7, 11) is 0. The van der Waals surface area contributed by atoms with Crippen LogP contribution in [-0.2, 0) is 0 Å². The molecule has 1 aromatic heterocycles. The number of aliphatic hydroxyl groups is 1. The van der Waals surface area contributed by atoms with Gasteiger partial charge in [-0.05, 0) is 43.2 Å². The van der Waals surface area contributed by atoms with Gasteiger partial charge in [-0.2, -0.15) is 0 Å². The summed E-state index contributed by atoms with van der Waals surface area (Å²) in [4.78, 5) is 16.4. The topological polar surface area (TPSA) is 62.2 Å². The molecule has 0 unspecified atom stereocenters. The van der Waals surface area contributed by atoms with Crippen LogP contribution in [0.15, 0.2) is 36.5 Å². The highest BCUT2D eigenvalue weighted by Gasteiger charge is 2.10. The van der Waals surface area contributed by atoms with Crippen LogP contribution in [0.2, 0.25) is 0 Å². The monoisotopic (exact) mass is 280 g/mol. The van der Waals surface area contributed by atoms with E-state index in [1.165, 1.54) is 0 Å². The Morgan fingerprint density at radius 3 is 2.76 bits per heavy atom. The van der Waals surface area contributed by atoms with Crippen LogP contribution in [0.1, 0.15) is 27.0 Å². The maximum atomic E-state index is 12.3. The minimum absolute atomic E-state index is 0.206. The smallest absolute Gasteiger partial charge is 0.257 e. The zero-order valence-electron chi connectivity index (χ0n) is 12.0. The van der Waals surface area contributed by atoms with Crippen LogP contribution in [0.4, 0.5) is 5.82 Å². The molecular weight excluding hydrogens is 264 g/mol. The molecule has 4 heteroatoms. The number of anilines is 1. The van der Waals surface area contributed by atoms with Crippen LogP contribution >= 0.6 is 0 Å². The van der Waals surface area contributed by atoms with Crippen molar-refractivity contribution in [3.05, 3.63) is 58.8 Å². The molecule has 0 bridgehead atoms. The molecule has 2 aromatic rings. The largest absolute Gasteiger partial charge is 0.384 e. The summed E-state index contributed by atoms with van der Waals surface area (Å²) in [5.74, 6) is 5.65. The molecule has 0 aliphatic carbocycles. The number of benzene rings is 1. The predicted molar refractivity (Wildman–Crippen MR) is 82.1 cm³/mol. The number of carbonyl (C=O) groups is 1. The van der Waals surface area contributed by atoms with E-state index in [0.717, 1.165) is 11.1 Å². The molecule has 4 nitrogen and oxygen atoms in total. The van der Waals surface area contributed by atoms with Gasteiger partial charge in [-0.15, -0.1) is 0 Å². The number of aliphatic hydroxyl groups excluding tert-OH is 1. The van der Waals surface area contributed by atoms with E-state index in [0.29, 0.717) is 16.9 Å². The van der Waals surface area contributed by atoms with Crippen molar-refractivity contribution in [3.8, 4) is 11.8 Å². The molecule has 0 aliphatic rings. The van der Waals surface area contributed by atoms with Gasteiger partial charge in [0, 0.05) is 17.3 Å². The number of aromatic nitrogens is 1. The minimum atomic E-state index is -0.225. The lowest BCUT2D eigenvalue weighted by Gasteiger charge is -2.08. The molecule has 0 atom stereocenters. The quantitative estimate of drug-likeness (QED) is 0.830. The summed E-state index contributed by atoms with van der Waals surface area (Å²) in [6, 6.07) is 9.01. The van der Waals surface area contributed by atoms with Crippen LogP contribution in [0.25, 0.3) is 0 Å². The Morgan fingerprint density at radius 2 is 2.10 bits per heavy atom. The molecule has 2 N–H and O–H groups in total. The summed E-state index contributed by atoms with van der Waals surface area (Å²) in [5.41, 5.74) is 3.12. The van der Waals surface area contributed by atoms with Gasteiger partial charge >= 0.3 is 0 Å². The number of carbonyl (C=O) groups excluding carboxylic acids is 1. The summed E-state index contributed by atoms with van der Waals surface area (Å²) in [5, 5.41) is 11.5. The first kappa shape index (κ1) is 14.8. The lowest BCUT2D eigenvalue weighted by atomic mass is 10.0. The zero-order valence-corrected chi connectivity index (χ0v) is 12.0. The first-order valence-corrected chi connectivity index (χ1v) is 6.54. The number of rotatable bonds is 2. The van der Waals surface area contributed by atoms with E-state index in [-0.39, 0.29) is 12.5 Å². The lowest BCUT2D eigenvalue weighted by molar-refractivity contribution is 0.102. The van der Waals surface area contributed by atoms with Crippen molar-refractivity contribution in [2.45, 2.75) is 13.8 Å². The molecule has 0 saturated carbocycles. The molecule has 0 spiro atoms. The van der Waals surface area contributed by atoms with Crippen molar-refractivity contribution in [2.75, 3.05) is 11.9 Å². The van der Waals surface area contributed by atoms with Crippen LogP contribution in [-0.4, -0.2) is 22.6 Å². The molecule has 2 rings (SSSR count). The van der Waals surface area contributed by atoms with Crippen molar-refractivity contribution in [2.24, 2.45) is 0 Å². The third kappa shape index (κ3) is 3.91. The van der Waals surface area contributed by atoms with Crippen molar-refractivity contribution >= 4 is 11.7 Å². The minimum Gasteiger partial charge on any atom is -0.384 e. The fourth-order valence-electron chi connectivity index (χ4n) is 1.81. The molecule has 0 fully saturated rings. The Morgan fingerprint density at radius 1 is 1.29 bits per heavy atom. The Bertz CT molecular complexity index is 710. The fourth-order valence-corrected chi connectivity index (χ4v) is 1.81. The maximum Gasteiger partial charge on any atom is 0.257 e. The Balaban J connectivity index is 2.23. The highest BCUT2D eigenvalue weighted by Crippen LogP contribution is 2.13. The van der Waals surface area contributed by atoms with Crippen LogP contribution in [0, 0.1) is 25.7 Å². The van der Waals surface area contributed by atoms with Gasteiger partial charge in [0.25, 0.3) is 5.91 Å². The van der Waals surface area contributed by atoms with Gasteiger partial charge in [0.05, 0.1) is 0 Å². The second-order valence-corrected chi connectivity index (χ2v) is 4.66. The second-order valence-electron chi connectivity index (χ2n) is 4.66. The Hall–Kier alpha value is -2.64. The lowest BCUT2D eigenvalue weighted by Crippen LogP contribution is -2.14. The third-order valence-electron chi connectivity index (χ3n) is 2.95. The molecule has 1 amide bonds. The number of nitrogens with zero attached hydrogens (tertiary/aromatic N) is 1. The van der Waals surface area contributed by atoms with E-state index in [1.807, 2.05) is 32.0 Å². The number of amides is 1. The summed E-state index contributed by atoms with van der Waals surface area (Å²) < 4.78 is 0. The van der Waals surface area contributed by atoms with E-state index >= 15 is 0 Å². The SMILES string of the molecule is Cc1ccc(NC(=O)c2cc(C#CCO)ccc2C)nc1. The molecule has 0 aliphatic heterocycles. The summed E-state index contributed by atoms with van der Waals surface area (Å²) in [6.45, 7) is 3.59. The van der Waals surface area contributed by atoms with Crippen molar-refractivity contribution in [1.29, 1.82) is 0 Å². The molecule has 106 valence electrons. The number of pyridine rings is 1.